The third-order valence-electron chi connectivity index (χ3n) is 2.11. The van der Waals surface area contributed by atoms with Crippen LogP contribution < -0.4 is 5.14 Å². The lowest BCUT2D eigenvalue weighted by atomic mass is 10.00. The first-order valence-corrected chi connectivity index (χ1v) is 6.61. The van der Waals surface area contributed by atoms with Gasteiger partial charge in [0.15, 0.2) is 0 Å². The van der Waals surface area contributed by atoms with E-state index in [0.717, 1.165) is 5.56 Å². The number of hydrogen-bond acceptors (Lipinski definition) is 3. The Hall–Kier alpha value is -0.910. The monoisotopic (exact) mass is 243 g/mol. The molecule has 16 heavy (non-hydrogen) atoms. The molecule has 1 aromatic rings. The van der Waals surface area contributed by atoms with Gasteiger partial charge in [-0.25, -0.2) is 5.14 Å². The third kappa shape index (κ3) is 4.74. The van der Waals surface area contributed by atoms with Crippen LogP contribution in [0.5, 0.6) is 0 Å². The Labute approximate surface area is 96.7 Å². The highest BCUT2D eigenvalue weighted by Gasteiger charge is 2.19. The Kier molecular flexibility index (Phi) is 4.46. The molecule has 0 aliphatic rings. The smallest absolute Gasteiger partial charge is 0.250 e. The minimum absolute atomic E-state index is 0.326. The van der Waals surface area contributed by atoms with E-state index < -0.39 is 16.4 Å². The first-order valence-electron chi connectivity index (χ1n) is 5.14. The molecule has 0 radical (unpaired) electrons. The molecule has 1 rings (SSSR count). The molecule has 2 N–H and O–H groups in total. The SMILES string of the molecule is CC(C)CC(OS(N)(=O)=O)c1ccccc1. The number of nitrogens with two attached hydrogens (primary N) is 1. The fourth-order valence-electron chi connectivity index (χ4n) is 1.49. The molecule has 1 unspecified atom stereocenters. The molecule has 0 heterocycles. The highest BCUT2D eigenvalue weighted by molar-refractivity contribution is 7.84. The second kappa shape index (κ2) is 5.43. The third-order valence-corrected chi connectivity index (χ3v) is 2.61. The van der Waals surface area contributed by atoms with Gasteiger partial charge in [0, 0.05) is 0 Å². The van der Waals surface area contributed by atoms with Gasteiger partial charge < -0.3 is 0 Å². The summed E-state index contributed by atoms with van der Waals surface area (Å²) in [7, 11) is -3.92. The molecule has 1 atom stereocenters. The van der Waals surface area contributed by atoms with Gasteiger partial charge in [-0.15, -0.1) is 0 Å². The summed E-state index contributed by atoms with van der Waals surface area (Å²) >= 11 is 0. The van der Waals surface area contributed by atoms with E-state index in [1.54, 1.807) is 0 Å². The van der Waals surface area contributed by atoms with Crippen molar-refractivity contribution in [3.8, 4) is 0 Å². The van der Waals surface area contributed by atoms with Crippen molar-refractivity contribution in [3.63, 3.8) is 0 Å². The summed E-state index contributed by atoms with van der Waals surface area (Å²) in [5, 5.41) is 4.90. The van der Waals surface area contributed by atoms with E-state index in [-0.39, 0.29) is 0 Å². The van der Waals surface area contributed by atoms with Crippen molar-refractivity contribution in [1.82, 2.24) is 0 Å². The molecule has 1 aromatic carbocycles. The molecule has 0 aromatic heterocycles. The summed E-state index contributed by atoms with van der Waals surface area (Å²) in [6.07, 6.45) is 0.108. The fraction of sp³-hybridized carbons (Fsp3) is 0.455. The molecule has 0 bridgehead atoms. The lowest BCUT2D eigenvalue weighted by Crippen LogP contribution is -2.20. The van der Waals surface area contributed by atoms with Crippen LogP contribution in [0.1, 0.15) is 31.9 Å². The van der Waals surface area contributed by atoms with Gasteiger partial charge in [-0.05, 0) is 17.9 Å². The number of hydrogen-bond donors (Lipinski definition) is 1. The highest BCUT2D eigenvalue weighted by Crippen LogP contribution is 2.25. The molecule has 0 aliphatic carbocycles. The molecular weight excluding hydrogens is 226 g/mol. The second-order valence-corrected chi connectivity index (χ2v) is 5.30. The van der Waals surface area contributed by atoms with Crippen LogP contribution in [-0.2, 0) is 14.5 Å². The number of benzene rings is 1. The lowest BCUT2D eigenvalue weighted by molar-refractivity contribution is 0.185. The lowest BCUT2D eigenvalue weighted by Gasteiger charge is -2.18. The van der Waals surface area contributed by atoms with Gasteiger partial charge >= 0.3 is 10.3 Å². The highest BCUT2D eigenvalue weighted by atomic mass is 32.2. The maximum absolute atomic E-state index is 11.0. The Morgan fingerprint density at radius 1 is 1.25 bits per heavy atom. The normalized spacial score (nSPS) is 14.0. The van der Waals surface area contributed by atoms with Gasteiger partial charge in [-0.1, -0.05) is 44.2 Å². The summed E-state index contributed by atoms with van der Waals surface area (Å²) in [5.41, 5.74) is 0.824. The predicted octanol–water partition coefficient (Wildman–Crippen LogP) is 1.99. The average Bonchev–Trinajstić information content (AvgIpc) is 2.15. The minimum Gasteiger partial charge on any atom is -0.250 e. The van der Waals surface area contributed by atoms with E-state index in [1.807, 2.05) is 44.2 Å². The Bertz CT molecular complexity index is 414. The van der Waals surface area contributed by atoms with Crippen LogP contribution in [0.2, 0.25) is 0 Å². The predicted molar refractivity (Wildman–Crippen MR) is 62.8 cm³/mol. The summed E-state index contributed by atoms with van der Waals surface area (Å²) in [4.78, 5) is 0. The Morgan fingerprint density at radius 2 is 1.81 bits per heavy atom. The van der Waals surface area contributed by atoms with E-state index in [0.29, 0.717) is 12.3 Å². The molecule has 0 spiro atoms. The first kappa shape index (κ1) is 13.2. The van der Waals surface area contributed by atoms with E-state index in [9.17, 15) is 8.42 Å². The van der Waals surface area contributed by atoms with Gasteiger partial charge in [-0.3, -0.25) is 4.18 Å². The quantitative estimate of drug-likeness (QED) is 0.859. The molecule has 5 heteroatoms. The standard InChI is InChI=1S/C11H17NO3S/c1-9(2)8-11(15-16(12,13)14)10-6-4-3-5-7-10/h3-7,9,11H,8H2,1-2H3,(H2,12,13,14). The van der Waals surface area contributed by atoms with Crippen molar-refractivity contribution in [2.24, 2.45) is 11.1 Å². The van der Waals surface area contributed by atoms with E-state index in [4.69, 9.17) is 9.32 Å². The summed E-state index contributed by atoms with van der Waals surface area (Å²) < 4.78 is 26.8. The van der Waals surface area contributed by atoms with Crippen molar-refractivity contribution in [1.29, 1.82) is 0 Å². The molecule has 90 valence electrons. The summed E-state index contributed by atoms with van der Waals surface area (Å²) in [6.45, 7) is 4.00. The van der Waals surface area contributed by atoms with Crippen molar-refractivity contribution in [2.45, 2.75) is 26.4 Å². The molecule has 0 saturated carbocycles. The Morgan fingerprint density at radius 3 is 2.25 bits per heavy atom. The zero-order valence-corrected chi connectivity index (χ0v) is 10.3. The molecule has 0 amide bonds. The fourth-order valence-corrected chi connectivity index (χ4v) is 2.00. The van der Waals surface area contributed by atoms with E-state index in [1.165, 1.54) is 0 Å². The average molecular weight is 243 g/mol. The molecule has 0 aliphatic heterocycles. The molecule has 4 nitrogen and oxygen atoms in total. The molecular formula is C11H17NO3S. The van der Waals surface area contributed by atoms with Crippen molar-refractivity contribution < 1.29 is 12.6 Å². The van der Waals surface area contributed by atoms with Crippen molar-refractivity contribution in [2.75, 3.05) is 0 Å². The van der Waals surface area contributed by atoms with Crippen LogP contribution in [0.15, 0.2) is 30.3 Å². The molecule has 0 saturated heterocycles. The van der Waals surface area contributed by atoms with Crippen LogP contribution in [-0.4, -0.2) is 8.42 Å². The van der Waals surface area contributed by atoms with Crippen LogP contribution in [0.3, 0.4) is 0 Å². The van der Waals surface area contributed by atoms with Crippen LogP contribution in [0, 0.1) is 5.92 Å². The van der Waals surface area contributed by atoms with Crippen LogP contribution >= 0.6 is 0 Å². The van der Waals surface area contributed by atoms with Crippen LogP contribution in [0.4, 0.5) is 0 Å². The first-order chi connectivity index (χ1) is 7.38. The topological polar surface area (TPSA) is 69.4 Å². The molecule has 0 fully saturated rings. The van der Waals surface area contributed by atoms with Gasteiger partial charge in [-0.2, -0.15) is 8.42 Å². The zero-order chi connectivity index (χ0) is 12.2. The maximum Gasteiger partial charge on any atom is 0.333 e. The van der Waals surface area contributed by atoms with Crippen LogP contribution in [0.25, 0.3) is 0 Å². The summed E-state index contributed by atoms with van der Waals surface area (Å²) in [5.74, 6) is 0.326. The van der Waals surface area contributed by atoms with Crippen molar-refractivity contribution >= 4 is 10.3 Å². The second-order valence-electron chi connectivity index (χ2n) is 4.12. The number of rotatable bonds is 5. The minimum atomic E-state index is -3.92. The summed E-state index contributed by atoms with van der Waals surface area (Å²) in [6, 6.07) is 9.22. The van der Waals surface area contributed by atoms with Crippen molar-refractivity contribution in [3.05, 3.63) is 35.9 Å². The van der Waals surface area contributed by atoms with Gasteiger partial charge in [0.1, 0.15) is 6.10 Å². The maximum atomic E-state index is 11.0. The largest absolute Gasteiger partial charge is 0.333 e. The van der Waals surface area contributed by atoms with E-state index >= 15 is 0 Å². The van der Waals surface area contributed by atoms with Gasteiger partial charge in [0.25, 0.3) is 0 Å². The Balaban J connectivity index is 2.88. The zero-order valence-electron chi connectivity index (χ0n) is 9.46. The van der Waals surface area contributed by atoms with E-state index in [2.05, 4.69) is 0 Å². The van der Waals surface area contributed by atoms with Gasteiger partial charge in [0.2, 0.25) is 0 Å². The van der Waals surface area contributed by atoms with Gasteiger partial charge in [0.05, 0.1) is 0 Å².